The first-order valence-electron chi connectivity index (χ1n) is 16.4. The molecule has 2 aliphatic rings. The first-order chi connectivity index (χ1) is 24.0. The molecule has 49 heavy (non-hydrogen) atoms. The maximum atomic E-state index is 11.4. The summed E-state index contributed by atoms with van der Waals surface area (Å²) < 4.78 is 21.8. The van der Waals surface area contributed by atoms with Crippen LogP contribution in [0.1, 0.15) is 28.2 Å². The fourth-order valence-electron chi connectivity index (χ4n) is 7.35. The predicted molar refractivity (Wildman–Crippen MR) is 192 cm³/mol. The molecule has 6 heteroatoms. The van der Waals surface area contributed by atoms with E-state index in [2.05, 4.69) is 110 Å². The van der Waals surface area contributed by atoms with Crippen molar-refractivity contribution in [2.75, 3.05) is 26.4 Å². The zero-order valence-corrected chi connectivity index (χ0v) is 27.0. The van der Waals surface area contributed by atoms with E-state index < -0.39 is 17.4 Å². The Bertz CT molecular complexity index is 2030. The zero-order chi connectivity index (χ0) is 33.8. The number of carbonyl (C=O) groups excluding carboxylic acids is 2. The molecular formula is C43H36O6. The zero-order valence-electron chi connectivity index (χ0n) is 27.0. The van der Waals surface area contributed by atoms with Crippen LogP contribution in [0.4, 0.5) is 0 Å². The van der Waals surface area contributed by atoms with Crippen molar-refractivity contribution >= 4 is 33.5 Å². The van der Waals surface area contributed by atoms with E-state index in [1.54, 1.807) is 0 Å². The summed E-state index contributed by atoms with van der Waals surface area (Å²) in [5.74, 6) is 0.914. The molecule has 5 aromatic carbocycles. The highest BCUT2D eigenvalue weighted by Gasteiger charge is 2.52. The molecule has 0 amide bonds. The molecule has 244 valence electrons. The molecule has 0 fully saturated rings. The fraction of sp³-hybridized carbons (Fsp3) is 0.163. The van der Waals surface area contributed by atoms with Gasteiger partial charge in [0, 0.05) is 24.0 Å². The third kappa shape index (κ3) is 6.02. The highest BCUT2D eigenvalue weighted by atomic mass is 16.6. The molecular weight excluding hydrogens is 612 g/mol. The molecule has 2 atom stereocenters. The van der Waals surface area contributed by atoms with Crippen LogP contribution < -0.4 is 9.47 Å². The summed E-state index contributed by atoms with van der Waals surface area (Å²) in [6, 6.07) is 34.5. The van der Waals surface area contributed by atoms with Gasteiger partial charge in [-0.1, -0.05) is 98.1 Å². The summed E-state index contributed by atoms with van der Waals surface area (Å²) in [6.07, 6.45) is 11.3. The monoisotopic (exact) mass is 648 g/mol. The fourth-order valence-corrected chi connectivity index (χ4v) is 7.35. The largest absolute Gasteiger partial charge is 0.490 e. The van der Waals surface area contributed by atoms with E-state index in [0.29, 0.717) is 11.5 Å². The van der Waals surface area contributed by atoms with Gasteiger partial charge in [-0.2, -0.15) is 0 Å². The molecule has 0 radical (unpaired) electrons. The number of hydrogen-bond donors (Lipinski definition) is 0. The molecule has 2 aliphatic carbocycles. The number of allylic oxidation sites excluding steroid dienone is 4. The summed E-state index contributed by atoms with van der Waals surface area (Å²) in [6.45, 7) is 7.66. The SMILES string of the molecule is C=CC(=O)OCCOc1ccc2cc(C3(c4ccc5cc(OCCOC(=O)C=C)ccc5c4)c4ccccc4C4C=CC=CC43)ccc2c1. The summed E-state index contributed by atoms with van der Waals surface area (Å²) >= 11 is 0. The van der Waals surface area contributed by atoms with Crippen LogP contribution in [-0.4, -0.2) is 38.4 Å². The molecule has 5 aromatic rings. The lowest BCUT2D eigenvalue weighted by molar-refractivity contribution is -0.139. The van der Waals surface area contributed by atoms with Crippen LogP contribution in [0.15, 0.2) is 147 Å². The highest BCUT2D eigenvalue weighted by Crippen LogP contribution is 2.59. The summed E-state index contributed by atoms with van der Waals surface area (Å²) in [5, 5.41) is 4.35. The maximum Gasteiger partial charge on any atom is 0.330 e. The first-order valence-corrected chi connectivity index (χ1v) is 16.4. The Kier molecular flexibility index (Phi) is 8.86. The van der Waals surface area contributed by atoms with Crippen molar-refractivity contribution in [3.05, 3.63) is 169 Å². The van der Waals surface area contributed by atoms with Crippen LogP contribution in [0.2, 0.25) is 0 Å². The van der Waals surface area contributed by atoms with Crippen LogP contribution in [-0.2, 0) is 24.5 Å². The third-order valence-corrected chi connectivity index (χ3v) is 9.44. The minimum Gasteiger partial charge on any atom is -0.490 e. The molecule has 2 unspecified atom stereocenters. The van der Waals surface area contributed by atoms with Crippen LogP contribution in [0.5, 0.6) is 11.5 Å². The van der Waals surface area contributed by atoms with Gasteiger partial charge in [-0.25, -0.2) is 9.59 Å². The van der Waals surface area contributed by atoms with Crippen molar-refractivity contribution in [1.82, 2.24) is 0 Å². The van der Waals surface area contributed by atoms with Gasteiger partial charge in [0.15, 0.2) is 0 Å². The maximum absolute atomic E-state index is 11.4. The Morgan fingerprint density at radius 3 is 1.69 bits per heavy atom. The third-order valence-electron chi connectivity index (χ3n) is 9.44. The quantitative estimate of drug-likeness (QED) is 0.0769. The second kappa shape index (κ2) is 13.7. The van der Waals surface area contributed by atoms with Crippen molar-refractivity contribution in [3.8, 4) is 11.5 Å². The molecule has 0 saturated heterocycles. The second-order valence-electron chi connectivity index (χ2n) is 12.1. The van der Waals surface area contributed by atoms with E-state index in [9.17, 15) is 9.59 Å². The molecule has 0 saturated carbocycles. The Morgan fingerprint density at radius 2 is 1.12 bits per heavy atom. The lowest BCUT2D eigenvalue weighted by Crippen LogP contribution is -2.35. The highest BCUT2D eigenvalue weighted by molar-refractivity contribution is 5.88. The van der Waals surface area contributed by atoms with E-state index in [-0.39, 0.29) is 38.3 Å². The second-order valence-corrected chi connectivity index (χ2v) is 12.1. The van der Waals surface area contributed by atoms with Crippen LogP contribution in [0.25, 0.3) is 21.5 Å². The Balaban J connectivity index is 1.26. The Hall–Kier alpha value is -5.88. The Labute approximate surface area is 285 Å². The van der Waals surface area contributed by atoms with Crippen molar-refractivity contribution < 1.29 is 28.5 Å². The van der Waals surface area contributed by atoms with Crippen LogP contribution in [0, 0.1) is 5.92 Å². The van der Waals surface area contributed by atoms with Crippen molar-refractivity contribution in [3.63, 3.8) is 0 Å². The molecule has 0 aromatic heterocycles. The van der Waals surface area contributed by atoms with Gasteiger partial charge >= 0.3 is 11.9 Å². The standard InChI is InChI=1S/C43H36O6/c1-3-41(44)48-23-21-46-35-19-15-29-25-33(17-13-31(29)27-35)43(39-11-7-5-9-37(39)38-10-6-8-12-40(38)43)34-18-14-32-28-36(20-16-30(32)26-34)47-22-24-49-42(45)4-2/h3-20,25-28,37,39H,1-2,21-24H2. The topological polar surface area (TPSA) is 71.1 Å². The van der Waals surface area contributed by atoms with E-state index in [1.165, 1.54) is 22.3 Å². The minimum atomic E-state index is -0.464. The van der Waals surface area contributed by atoms with E-state index in [1.807, 2.05) is 24.3 Å². The summed E-state index contributed by atoms with van der Waals surface area (Å²) in [7, 11) is 0. The first kappa shape index (κ1) is 31.7. The van der Waals surface area contributed by atoms with E-state index in [4.69, 9.17) is 18.9 Å². The van der Waals surface area contributed by atoms with E-state index in [0.717, 1.165) is 33.7 Å². The smallest absolute Gasteiger partial charge is 0.330 e. The molecule has 0 aliphatic heterocycles. The molecule has 0 N–H and O–H groups in total. The van der Waals surface area contributed by atoms with Gasteiger partial charge in [0.25, 0.3) is 0 Å². The van der Waals surface area contributed by atoms with Gasteiger partial charge in [-0.3, -0.25) is 0 Å². The minimum absolute atomic E-state index is 0.154. The number of fused-ring (bicyclic) bond motifs is 5. The number of rotatable bonds is 12. The van der Waals surface area contributed by atoms with Crippen molar-refractivity contribution in [2.45, 2.75) is 11.3 Å². The molecule has 0 heterocycles. The number of hydrogen-bond acceptors (Lipinski definition) is 6. The van der Waals surface area contributed by atoms with Gasteiger partial charge in [-0.15, -0.1) is 0 Å². The van der Waals surface area contributed by atoms with Gasteiger partial charge in [0.2, 0.25) is 0 Å². The number of benzene rings is 5. The number of carbonyl (C=O) groups is 2. The van der Waals surface area contributed by atoms with Gasteiger partial charge in [0.05, 0.1) is 5.41 Å². The van der Waals surface area contributed by atoms with Crippen LogP contribution in [0.3, 0.4) is 0 Å². The summed E-state index contributed by atoms with van der Waals surface area (Å²) in [5.41, 5.74) is 4.65. The number of ether oxygens (including phenoxy) is 4. The molecule has 7 rings (SSSR count). The number of esters is 2. The Morgan fingerprint density at radius 1 is 0.612 bits per heavy atom. The van der Waals surface area contributed by atoms with Crippen molar-refractivity contribution in [1.29, 1.82) is 0 Å². The predicted octanol–water partition coefficient (Wildman–Crippen LogP) is 8.38. The lowest BCUT2D eigenvalue weighted by atomic mass is 9.63. The normalized spacial score (nSPS) is 16.8. The lowest BCUT2D eigenvalue weighted by Gasteiger charge is -2.39. The van der Waals surface area contributed by atoms with Crippen molar-refractivity contribution in [2.24, 2.45) is 5.92 Å². The average Bonchev–Trinajstić information content (AvgIpc) is 3.45. The van der Waals surface area contributed by atoms with E-state index >= 15 is 0 Å². The van der Waals surface area contributed by atoms with Gasteiger partial charge in [0.1, 0.15) is 37.9 Å². The van der Waals surface area contributed by atoms with Gasteiger partial charge in [-0.05, 0) is 80.2 Å². The molecule has 6 nitrogen and oxygen atoms in total. The van der Waals surface area contributed by atoms with Crippen LogP contribution >= 0.6 is 0 Å². The average molecular weight is 649 g/mol. The molecule has 0 bridgehead atoms. The summed E-state index contributed by atoms with van der Waals surface area (Å²) in [4.78, 5) is 22.7. The van der Waals surface area contributed by atoms with Gasteiger partial charge < -0.3 is 18.9 Å². The molecule has 0 spiro atoms.